The third-order valence-electron chi connectivity index (χ3n) is 6.59. The molecule has 3 aliphatic rings. The van der Waals surface area contributed by atoms with Crippen LogP contribution < -0.4 is 0 Å². The van der Waals surface area contributed by atoms with Crippen molar-refractivity contribution in [3.8, 4) is 11.8 Å². The summed E-state index contributed by atoms with van der Waals surface area (Å²) in [5.74, 6) is 9.06. The lowest BCUT2D eigenvalue weighted by atomic mass is 9.49. The van der Waals surface area contributed by atoms with Crippen LogP contribution in [0.5, 0.6) is 0 Å². The third-order valence-corrected chi connectivity index (χ3v) is 6.59. The van der Waals surface area contributed by atoms with E-state index in [-0.39, 0.29) is 11.9 Å². The molecule has 0 N–H and O–H groups in total. The highest BCUT2D eigenvalue weighted by atomic mass is 19.3. The number of carbonyl (C=O) groups is 2. The predicted molar refractivity (Wildman–Crippen MR) is 193 cm³/mol. The fourth-order valence-electron chi connectivity index (χ4n) is 4.48. The van der Waals surface area contributed by atoms with Gasteiger partial charge in [0.2, 0.25) is 0 Å². The fourth-order valence-corrected chi connectivity index (χ4v) is 4.48. The number of hydrogen-bond donors (Lipinski definition) is 0. The molecule has 0 saturated heterocycles. The van der Waals surface area contributed by atoms with Crippen molar-refractivity contribution in [2.45, 2.75) is 135 Å². The number of rotatable bonds is 1. The molecule has 0 atom stereocenters. The molecule has 46 heavy (non-hydrogen) atoms. The Hall–Kier alpha value is -2.24. The van der Waals surface area contributed by atoms with E-state index in [0.29, 0.717) is 6.92 Å². The average molecular weight is 665 g/mol. The van der Waals surface area contributed by atoms with Crippen LogP contribution in [0, 0.1) is 40.9 Å². The molecule has 0 radical (unpaired) electrons. The molecule has 8 heteroatoms. The molecule has 276 valence electrons. The first-order valence-corrected chi connectivity index (χ1v) is 16.2. The van der Waals surface area contributed by atoms with Gasteiger partial charge in [0.05, 0.1) is 14.2 Å². The summed E-state index contributed by atoms with van der Waals surface area (Å²) in [5.41, 5.74) is 0.888. The lowest BCUT2D eigenvalue weighted by molar-refractivity contribution is -0.205. The van der Waals surface area contributed by atoms with Gasteiger partial charge in [-0.05, 0) is 109 Å². The highest BCUT2D eigenvalue weighted by molar-refractivity contribution is 5.65. The van der Waals surface area contributed by atoms with Crippen molar-refractivity contribution < 1.29 is 37.3 Å². The van der Waals surface area contributed by atoms with Gasteiger partial charge in [-0.25, -0.2) is 0 Å². The standard InChI is InChI=1S/C9H16.C6H12.2C4H8.C4H6.C3H6F2O.2C3H6O2.C2H6O/c1-7-3-9(4-7)5-8(2)6-9;1-5-3-6(2)4-5;3*1-3-4-2;1-3(4,5)6-2;2*1-3(4)5-2;1-3-2/h7-8H,3-6H2,1-2H3;5-6H,3-4H2,1-2H3;2*3-4H,1-2H3;1-2H3;1-2H3;2*1-2H3;1-2H3. The van der Waals surface area contributed by atoms with Gasteiger partial charge in [-0.3, -0.25) is 9.59 Å². The molecule has 0 bridgehead atoms. The zero-order chi connectivity index (χ0) is 37.8. The number of hydrogen-bond acceptors (Lipinski definition) is 6. The van der Waals surface area contributed by atoms with Crippen molar-refractivity contribution in [1.29, 1.82) is 0 Å². The van der Waals surface area contributed by atoms with Gasteiger partial charge in [-0.1, -0.05) is 52.0 Å². The number of carbonyl (C=O) groups excluding carboxylic acids is 2. The lowest BCUT2D eigenvalue weighted by Gasteiger charge is -2.56. The Morgan fingerprint density at radius 1 is 0.652 bits per heavy atom. The van der Waals surface area contributed by atoms with Crippen molar-refractivity contribution in [1.82, 2.24) is 0 Å². The Labute approximate surface area is 284 Å². The van der Waals surface area contributed by atoms with E-state index in [1.165, 1.54) is 66.6 Å². The largest absolute Gasteiger partial charge is 0.469 e. The van der Waals surface area contributed by atoms with E-state index < -0.39 is 6.11 Å². The molecular weight excluding hydrogens is 590 g/mol. The van der Waals surface area contributed by atoms with Crippen LogP contribution in [0.4, 0.5) is 8.78 Å². The van der Waals surface area contributed by atoms with Gasteiger partial charge in [0.1, 0.15) is 0 Å². The first-order chi connectivity index (χ1) is 21.2. The Kier molecular flexibility index (Phi) is 47.5. The SMILES string of the molecule is CC#CC.CC1CC(C)C1.CC1CC2(C1)CC(C)C2.CC=CC.CC=CC.COC.COC(C)(F)F.COC(C)=O.COC(C)=O. The quantitative estimate of drug-likeness (QED) is 0.158. The van der Waals surface area contributed by atoms with E-state index in [4.69, 9.17) is 0 Å². The Bertz CT molecular complexity index is 697. The zero-order valence-electron chi connectivity index (χ0n) is 33.1. The molecule has 3 saturated carbocycles. The molecule has 3 fully saturated rings. The smallest absolute Gasteiger partial charge is 0.352 e. The number of methoxy groups -OCH3 is 4. The van der Waals surface area contributed by atoms with Crippen molar-refractivity contribution in [2.24, 2.45) is 29.1 Å². The van der Waals surface area contributed by atoms with Crippen molar-refractivity contribution in [3.05, 3.63) is 24.3 Å². The van der Waals surface area contributed by atoms with Crippen molar-refractivity contribution in [2.75, 3.05) is 35.5 Å². The van der Waals surface area contributed by atoms with E-state index in [0.717, 1.165) is 36.2 Å². The summed E-state index contributed by atoms with van der Waals surface area (Å²) in [7, 11) is 6.91. The summed E-state index contributed by atoms with van der Waals surface area (Å²) in [6.45, 7) is 24.5. The first kappa shape index (κ1) is 56.1. The van der Waals surface area contributed by atoms with Crippen molar-refractivity contribution in [3.63, 3.8) is 0 Å². The summed E-state index contributed by atoms with van der Waals surface area (Å²) >= 11 is 0. The van der Waals surface area contributed by atoms with E-state index >= 15 is 0 Å². The minimum atomic E-state index is -2.96. The first-order valence-electron chi connectivity index (χ1n) is 16.2. The van der Waals surface area contributed by atoms with Crippen LogP contribution in [0.15, 0.2) is 24.3 Å². The second kappa shape index (κ2) is 38.9. The fraction of sp³-hybridized carbons (Fsp3) is 0.789. The van der Waals surface area contributed by atoms with Crippen LogP contribution in [0.25, 0.3) is 0 Å². The monoisotopic (exact) mass is 665 g/mol. The minimum absolute atomic E-state index is 0.245. The van der Waals surface area contributed by atoms with Gasteiger partial charge in [-0.15, -0.1) is 11.8 Å². The van der Waals surface area contributed by atoms with E-state index in [1.54, 1.807) is 14.2 Å². The van der Waals surface area contributed by atoms with Crippen LogP contribution >= 0.6 is 0 Å². The maximum Gasteiger partial charge on any atom is 0.352 e. The van der Waals surface area contributed by atoms with Crippen LogP contribution in [0.2, 0.25) is 0 Å². The molecule has 0 heterocycles. The summed E-state index contributed by atoms with van der Waals surface area (Å²) < 4.78 is 38.5. The van der Waals surface area contributed by atoms with Crippen LogP contribution in [0.1, 0.15) is 129 Å². The van der Waals surface area contributed by atoms with Gasteiger partial charge in [0.15, 0.2) is 0 Å². The van der Waals surface area contributed by atoms with Gasteiger partial charge in [0.25, 0.3) is 0 Å². The minimum Gasteiger partial charge on any atom is -0.469 e. The average Bonchev–Trinajstić information content (AvgIpc) is 2.96. The number of halogens is 2. The number of ether oxygens (including phenoxy) is 4. The number of alkyl halides is 2. The number of allylic oxidation sites excluding steroid dienone is 4. The molecule has 0 aromatic rings. The van der Waals surface area contributed by atoms with Gasteiger partial charge >= 0.3 is 18.0 Å². The molecule has 3 aliphatic carbocycles. The Morgan fingerprint density at radius 2 is 0.848 bits per heavy atom. The van der Waals surface area contributed by atoms with E-state index in [2.05, 4.69) is 58.5 Å². The lowest BCUT2D eigenvalue weighted by Crippen LogP contribution is -2.45. The summed E-state index contributed by atoms with van der Waals surface area (Å²) in [6.07, 6.45) is 14.1. The molecule has 0 aliphatic heterocycles. The van der Waals surface area contributed by atoms with Crippen LogP contribution in [-0.4, -0.2) is 53.6 Å². The predicted octanol–water partition coefficient (Wildman–Crippen LogP) is 10.9. The molecule has 0 unspecified atom stereocenters. The summed E-state index contributed by atoms with van der Waals surface area (Å²) in [4.78, 5) is 19.2. The zero-order valence-corrected chi connectivity index (χ0v) is 33.1. The second-order valence-corrected chi connectivity index (χ2v) is 11.9. The molecule has 3 rings (SSSR count). The van der Waals surface area contributed by atoms with E-state index in [1.807, 2.05) is 65.8 Å². The summed E-state index contributed by atoms with van der Waals surface area (Å²) in [6, 6.07) is 0. The third kappa shape index (κ3) is 54.3. The molecule has 0 aromatic carbocycles. The normalized spacial score (nSPS) is 22.3. The van der Waals surface area contributed by atoms with Gasteiger partial charge in [0, 0.05) is 42.1 Å². The van der Waals surface area contributed by atoms with Gasteiger partial charge in [-0.2, -0.15) is 8.78 Å². The molecule has 0 amide bonds. The molecular formula is C38H74F2O6. The van der Waals surface area contributed by atoms with Crippen LogP contribution in [-0.2, 0) is 28.5 Å². The van der Waals surface area contributed by atoms with Crippen molar-refractivity contribution >= 4 is 11.9 Å². The molecule has 1 spiro atoms. The highest BCUT2D eigenvalue weighted by Crippen LogP contribution is 2.60. The second-order valence-electron chi connectivity index (χ2n) is 11.9. The van der Waals surface area contributed by atoms with Crippen LogP contribution in [0.3, 0.4) is 0 Å². The maximum absolute atomic E-state index is 11.2. The Morgan fingerprint density at radius 3 is 0.891 bits per heavy atom. The Balaban J connectivity index is -0.000000100. The topological polar surface area (TPSA) is 71.1 Å². The van der Waals surface area contributed by atoms with E-state index in [9.17, 15) is 18.4 Å². The maximum atomic E-state index is 11.2. The van der Waals surface area contributed by atoms with Gasteiger partial charge < -0.3 is 18.9 Å². The number of esters is 2. The molecule has 0 aromatic heterocycles. The summed E-state index contributed by atoms with van der Waals surface area (Å²) in [5, 5.41) is 0. The highest BCUT2D eigenvalue weighted by Gasteiger charge is 2.49. The molecule has 6 nitrogen and oxygen atoms in total.